The second-order valence-electron chi connectivity index (χ2n) is 4.38. The van der Waals surface area contributed by atoms with Gasteiger partial charge in [0.1, 0.15) is 23.2 Å². The summed E-state index contributed by atoms with van der Waals surface area (Å²) in [7, 11) is 0. The van der Waals surface area contributed by atoms with E-state index in [1.165, 1.54) is 0 Å². The summed E-state index contributed by atoms with van der Waals surface area (Å²) in [5.41, 5.74) is 5.24. The Balaban J connectivity index is 2.29. The number of halogens is 6. The molecule has 0 saturated heterocycles. The quantitative estimate of drug-likeness (QED) is 0.866. The number of hydrogen-bond acceptors (Lipinski definition) is 2. The maximum Gasteiger partial charge on any atom is 0.573 e. The maximum absolute atomic E-state index is 13.6. The van der Waals surface area contributed by atoms with Gasteiger partial charge in [0.2, 0.25) is 0 Å². The third-order valence-corrected chi connectivity index (χ3v) is 2.83. The highest BCUT2D eigenvalue weighted by atomic mass is 19.4. The van der Waals surface area contributed by atoms with E-state index in [1.54, 1.807) is 0 Å². The Hall–Kier alpha value is -2.22. The van der Waals surface area contributed by atoms with Crippen molar-refractivity contribution in [2.75, 3.05) is 0 Å². The van der Waals surface area contributed by atoms with Crippen molar-refractivity contribution in [3.8, 4) is 5.75 Å². The predicted molar refractivity (Wildman–Crippen MR) is 65.5 cm³/mol. The first kappa shape index (κ1) is 16.2. The van der Waals surface area contributed by atoms with Crippen LogP contribution in [-0.4, -0.2) is 6.36 Å². The second kappa shape index (κ2) is 5.88. The van der Waals surface area contributed by atoms with Gasteiger partial charge in [-0.2, -0.15) is 0 Å². The number of benzene rings is 2. The van der Waals surface area contributed by atoms with Crippen molar-refractivity contribution >= 4 is 0 Å². The van der Waals surface area contributed by atoms with Crippen molar-refractivity contribution in [2.24, 2.45) is 5.73 Å². The predicted octanol–water partition coefficient (Wildman–Crippen LogP) is 4.05. The molecule has 1 atom stereocenters. The fraction of sp³-hybridized carbons (Fsp3) is 0.143. The van der Waals surface area contributed by atoms with Gasteiger partial charge in [-0.1, -0.05) is 12.1 Å². The third-order valence-electron chi connectivity index (χ3n) is 2.83. The molecule has 0 fully saturated rings. The summed E-state index contributed by atoms with van der Waals surface area (Å²) >= 11 is 0. The van der Waals surface area contributed by atoms with E-state index in [9.17, 15) is 26.3 Å². The fourth-order valence-electron chi connectivity index (χ4n) is 1.89. The zero-order valence-electron chi connectivity index (χ0n) is 10.8. The topological polar surface area (TPSA) is 35.2 Å². The molecular weight excluding hydrogens is 312 g/mol. The molecule has 0 unspecified atom stereocenters. The molecule has 0 spiro atoms. The van der Waals surface area contributed by atoms with E-state index in [-0.39, 0.29) is 5.56 Å². The van der Waals surface area contributed by atoms with E-state index in [1.807, 2.05) is 0 Å². The highest BCUT2D eigenvalue weighted by molar-refractivity contribution is 5.36. The van der Waals surface area contributed by atoms with Crippen LogP contribution in [0.2, 0.25) is 0 Å². The van der Waals surface area contributed by atoms with Crippen LogP contribution in [0.1, 0.15) is 17.2 Å². The summed E-state index contributed by atoms with van der Waals surface area (Å²) in [6.45, 7) is 0. The van der Waals surface area contributed by atoms with E-state index in [0.717, 1.165) is 24.3 Å². The van der Waals surface area contributed by atoms with Gasteiger partial charge < -0.3 is 10.5 Å². The SMILES string of the molecule is N[C@@H](c1ccc(OC(F)(F)F)cc1)c1c(F)cc(F)cc1F. The zero-order valence-corrected chi connectivity index (χ0v) is 10.8. The Morgan fingerprint density at radius 1 is 0.909 bits per heavy atom. The molecule has 0 saturated carbocycles. The number of hydrogen-bond donors (Lipinski definition) is 1. The maximum atomic E-state index is 13.6. The summed E-state index contributed by atoms with van der Waals surface area (Å²) in [6, 6.07) is 3.82. The molecule has 8 heteroatoms. The molecule has 2 aromatic rings. The number of rotatable bonds is 3. The van der Waals surface area contributed by atoms with Crippen LogP contribution in [-0.2, 0) is 0 Å². The molecule has 2 rings (SSSR count). The van der Waals surface area contributed by atoms with Crippen molar-refractivity contribution in [1.82, 2.24) is 0 Å². The zero-order chi connectivity index (χ0) is 16.5. The Morgan fingerprint density at radius 2 is 1.41 bits per heavy atom. The van der Waals surface area contributed by atoms with Crippen molar-refractivity contribution < 1.29 is 31.1 Å². The average molecular weight is 321 g/mol. The van der Waals surface area contributed by atoms with Crippen LogP contribution in [0.25, 0.3) is 0 Å². The first-order valence-electron chi connectivity index (χ1n) is 5.93. The summed E-state index contributed by atoms with van der Waals surface area (Å²) < 4.78 is 79.8. The minimum Gasteiger partial charge on any atom is -0.406 e. The Labute approximate surface area is 121 Å². The van der Waals surface area contributed by atoms with Gasteiger partial charge in [0.15, 0.2) is 0 Å². The van der Waals surface area contributed by atoms with E-state index >= 15 is 0 Å². The molecular formula is C14H9F6NO. The van der Waals surface area contributed by atoms with Gasteiger partial charge >= 0.3 is 6.36 Å². The molecule has 0 amide bonds. The first-order valence-corrected chi connectivity index (χ1v) is 5.93. The Bertz CT molecular complexity index is 645. The molecule has 0 aliphatic carbocycles. The Morgan fingerprint density at radius 3 is 1.86 bits per heavy atom. The monoisotopic (exact) mass is 321 g/mol. The lowest BCUT2D eigenvalue weighted by atomic mass is 9.98. The Kier molecular flexibility index (Phi) is 4.32. The normalized spacial score (nSPS) is 13.0. The van der Waals surface area contributed by atoms with Crippen LogP contribution in [0.15, 0.2) is 36.4 Å². The van der Waals surface area contributed by atoms with Crippen LogP contribution in [0, 0.1) is 17.5 Å². The largest absolute Gasteiger partial charge is 0.573 e. The van der Waals surface area contributed by atoms with Crippen LogP contribution < -0.4 is 10.5 Å². The minimum atomic E-state index is -4.85. The molecule has 0 bridgehead atoms. The molecule has 2 N–H and O–H groups in total. The third kappa shape index (κ3) is 3.70. The van der Waals surface area contributed by atoms with Crippen LogP contribution >= 0.6 is 0 Å². The van der Waals surface area contributed by atoms with Gasteiger partial charge in [-0.3, -0.25) is 0 Å². The van der Waals surface area contributed by atoms with E-state index in [0.29, 0.717) is 12.1 Å². The summed E-state index contributed by atoms with van der Waals surface area (Å²) in [4.78, 5) is 0. The lowest BCUT2D eigenvalue weighted by Gasteiger charge is -2.15. The van der Waals surface area contributed by atoms with Crippen molar-refractivity contribution in [3.63, 3.8) is 0 Å². The average Bonchev–Trinajstić information content (AvgIpc) is 2.36. The standard InChI is InChI=1S/C14H9F6NO/c15-8-5-10(16)12(11(17)6-8)13(21)7-1-3-9(4-2-7)22-14(18,19)20/h1-6,13H,21H2/t13-/m0/s1. The molecule has 0 radical (unpaired) electrons. The number of nitrogens with two attached hydrogens (primary N) is 1. The van der Waals surface area contributed by atoms with E-state index < -0.39 is 41.2 Å². The van der Waals surface area contributed by atoms with Gasteiger partial charge in [-0.25, -0.2) is 13.2 Å². The first-order chi connectivity index (χ1) is 10.2. The van der Waals surface area contributed by atoms with Crippen molar-refractivity contribution in [1.29, 1.82) is 0 Å². The molecule has 2 nitrogen and oxygen atoms in total. The molecule has 2 aromatic carbocycles. The van der Waals surface area contributed by atoms with E-state index in [2.05, 4.69) is 4.74 Å². The smallest absolute Gasteiger partial charge is 0.406 e. The van der Waals surface area contributed by atoms with Gasteiger partial charge in [0, 0.05) is 17.7 Å². The van der Waals surface area contributed by atoms with Crippen molar-refractivity contribution in [2.45, 2.75) is 12.4 Å². The fourth-order valence-corrected chi connectivity index (χ4v) is 1.89. The second-order valence-corrected chi connectivity index (χ2v) is 4.38. The van der Waals surface area contributed by atoms with Crippen LogP contribution in [0.3, 0.4) is 0 Å². The molecule has 0 aromatic heterocycles. The number of ether oxygens (including phenoxy) is 1. The van der Waals surface area contributed by atoms with Crippen molar-refractivity contribution in [3.05, 3.63) is 65.0 Å². The van der Waals surface area contributed by atoms with Gasteiger partial charge in [-0.05, 0) is 17.7 Å². The molecule has 0 aliphatic heterocycles. The lowest BCUT2D eigenvalue weighted by molar-refractivity contribution is -0.274. The lowest BCUT2D eigenvalue weighted by Crippen LogP contribution is -2.18. The highest BCUT2D eigenvalue weighted by Gasteiger charge is 2.31. The minimum absolute atomic E-state index is 0.138. The summed E-state index contributed by atoms with van der Waals surface area (Å²) in [5.74, 6) is -3.95. The molecule has 118 valence electrons. The summed E-state index contributed by atoms with van der Waals surface area (Å²) in [5, 5.41) is 0. The molecule has 0 heterocycles. The van der Waals surface area contributed by atoms with Crippen LogP contribution in [0.4, 0.5) is 26.3 Å². The molecule has 22 heavy (non-hydrogen) atoms. The highest BCUT2D eigenvalue weighted by Crippen LogP contribution is 2.28. The van der Waals surface area contributed by atoms with Gasteiger partial charge in [0.05, 0.1) is 6.04 Å². The van der Waals surface area contributed by atoms with Gasteiger partial charge in [0.25, 0.3) is 0 Å². The molecule has 0 aliphatic rings. The summed E-state index contributed by atoms with van der Waals surface area (Å²) in [6.07, 6.45) is -4.85. The van der Waals surface area contributed by atoms with E-state index in [4.69, 9.17) is 5.73 Å². The number of alkyl halides is 3. The van der Waals surface area contributed by atoms with Gasteiger partial charge in [-0.15, -0.1) is 13.2 Å². The van der Waals surface area contributed by atoms with Crippen LogP contribution in [0.5, 0.6) is 5.75 Å².